The normalized spacial score (nSPS) is 13.0. The second kappa shape index (κ2) is 10.2. The molecule has 0 amide bonds. The third kappa shape index (κ3) is 5.49. The molecule has 8 nitrogen and oxygen atoms in total. The fourth-order valence-electron chi connectivity index (χ4n) is 4.61. The van der Waals surface area contributed by atoms with Crippen molar-refractivity contribution in [3.05, 3.63) is 81.4 Å². The van der Waals surface area contributed by atoms with Gasteiger partial charge in [0, 0.05) is 24.7 Å². The lowest BCUT2D eigenvalue weighted by molar-refractivity contribution is 0.119. The number of aromatic nitrogens is 5. The molecule has 0 radical (unpaired) electrons. The topological polar surface area (TPSA) is 88.9 Å². The lowest BCUT2D eigenvalue weighted by atomic mass is 9.98. The first-order valence-corrected chi connectivity index (χ1v) is 12.3. The van der Waals surface area contributed by atoms with Crippen molar-refractivity contribution in [1.29, 1.82) is 0 Å². The molecule has 1 atom stereocenters. The van der Waals surface area contributed by atoms with Gasteiger partial charge in [-0.25, -0.2) is 4.68 Å². The quantitative estimate of drug-likeness (QED) is 0.376. The highest BCUT2D eigenvalue weighted by molar-refractivity contribution is 5.80. The summed E-state index contributed by atoms with van der Waals surface area (Å²) in [5, 5.41) is 13.8. The summed E-state index contributed by atoms with van der Waals surface area (Å²) in [6, 6.07) is 16.1. The summed E-state index contributed by atoms with van der Waals surface area (Å²) < 4.78 is 7.22. The average Bonchev–Trinajstić information content (AvgIpc) is 3.30. The molecule has 36 heavy (non-hydrogen) atoms. The Morgan fingerprint density at radius 3 is 2.42 bits per heavy atom. The zero-order valence-corrected chi connectivity index (χ0v) is 22.2. The minimum absolute atomic E-state index is 0.105. The highest BCUT2D eigenvalue weighted by atomic mass is 16.5. The summed E-state index contributed by atoms with van der Waals surface area (Å²) in [4.78, 5) is 18.6. The van der Waals surface area contributed by atoms with Crippen molar-refractivity contribution in [1.82, 2.24) is 30.1 Å². The summed E-state index contributed by atoms with van der Waals surface area (Å²) in [5.41, 5.74) is 3.45. The maximum atomic E-state index is 13.2. The van der Waals surface area contributed by atoms with Gasteiger partial charge in [-0.15, -0.1) is 5.10 Å². The molecule has 2 aromatic carbocycles. The van der Waals surface area contributed by atoms with Crippen LogP contribution in [-0.2, 0) is 18.6 Å². The van der Waals surface area contributed by atoms with Crippen LogP contribution in [0.3, 0.4) is 0 Å². The van der Waals surface area contributed by atoms with Gasteiger partial charge in [0.05, 0.1) is 24.2 Å². The SMILES string of the molecule is COc1ccc2cc(CN(Cc3ccc(C)cc3)[C@H](c3nnnn3C(C)(C)C)C(C)C)c(=O)[nH]c2c1. The van der Waals surface area contributed by atoms with Gasteiger partial charge >= 0.3 is 0 Å². The largest absolute Gasteiger partial charge is 0.497 e. The van der Waals surface area contributed by atoms with Crippen molar-refractivity contribution in [2.45, 2.75) is 66.2 Å². The van der Waals surface area contributed by atoms with E-state index >= 15 is 0 Å². The predicted molar refractivity (Wildman–Crippen MR) is 142 cm³/mol. The van der Waals surface area contributed by atoms with Gasteiger partial charge in [0.1, 0.15) is 5.75 Å². The zero-order chi connectivity index (χ0) is 26.0. The Balaban J connectivity index is 1.79. The Kier molecular flexibility index (Phi) is 7.26. The molecule has 0 aliphatic carbocycles. The van der Waals surface area contributed by atoms with Crippen LogP contribution in [0, 0.1) is 12.8 Å². The van der Waals surface area contributed by atoms with Crippen molar-refractivity contribution in [2.24, 2.45) is 5.92 Å². The van der Waals surface area contributed by atoms with E-state index in [1.54, 1.807) is 7.11 Å². The van der Waals surface area contributed by atoms with Crippen LogP contribution in [0.5, 0.6) is 5.75 Å². The number of H-pyrrole nitrogens is 1. The van der Waals surface area contributed by atoms with Crippen molar-refractivity contribution >= 4 is 10.9 Å². The lowest BCUT2D eigenvalue weighted by Crippen LogP contribution is -2.37. The van der Waals surface area contributed by atoms with Crippen LogP contribution in [-0.4, -0.2) is 37.2 Å². The first kappa shape index (κ1) is 25.6. The molecule has 2 aromatic heterocycles. The molecule has 0 bridgehead atoms. The number of nitrogens with zero attached hydrogens (tertiary/aromatic N) is 5. The maximum Gasteiger partial charge on any atom is 0.252 e. The van der Waals surface area contributed by atoms with Crippen molar-refractivity contribution < 1.29 is 4.74 Å². The number of hydrogen-bond acceptors (Lipinski definition) is 6. The van der Waals surface area contributed by atoms with Crippen LogP contribution in [0.25, 0.3) is 10.9 Å². The van der Waals surface area contributed by atoms with Crippen LogP contribution in [0.2, 0.25) is 0 Å². The first-order valence-electron chi connectivity index (χ1n) is 12.3. The van der Waals surface area contributed by atoms with Gasteiger partial charge < -0.3 is 9.72 Å². The Morgan fingerprint density at radius 1 is 1.06 bits per heavy atom. The minimum atomic E-state index is -0.277. The van der Waals surface area contributed by atoms with Crippen LogP contribution in [0.4, 0.5) is 0 Å². The van der Waals surface area contributed by atoms with E-state index in [9.17, 15) is 4.79 Å². The number of rotatable bonds is 8. The minimum Gasteiger partial charge on any atom is -0.497 e. The van der Waals surface area contributed by atoms with Gasteiger partial charge in [-0.1, -0.05) is 43.7 Å². The number of pyridine rings is 1. The van der Waals surface area contributed by atoms with Crippen LogP contribution < -0.4 is 10.3 Å². The second-order valence-corrected chi connectivity index (χ2v) is 10.8. The fraction of sp³-hybridized carbons (Fsp3) is 0.429. The molecule has 190 valence electrons. The number of methoxy groups -OCH3 is 1. The summed E-state index contributed by atoms with van der Waals surface area (Å²) in [6.45, 7) is 13.8. The second-order valence-electron chi connectivity index (χ2n) is 10.8. The maximum absolute atomic E-state index is 13.2. The fourth-order valence-corrected chi connectivity index (χ4v) is 4.61. The van der Waals surface area contributed by atoms with Gasteiger partial charge in [-0.05, 0) is 73.2 Å². The van der Waals surface area contributed by atoms with E-state index in [0.29, 0.717) is 24.4 Å². The molecule has 4 rings (SSSR count). The Hall–Kier alpha value is -3.52. The molecule has 0 aliphatic rings. The molecule has 4 aromatic rings. The lowest BCUT2D eigenvalue weighted by Gasteiger charge is -2.35. The Labute approximate surface area is 212 Å². The number of fused-ring (bicyclic) bond motifs is 1. The smallest absolute Gasteiger partial charge is 0.252 e. The summed E-state index contributed by atoms with van der Waals surface area (Å²) in [6.07, 6.45) is 0. The summed E-state index contributed by atoms with van der Waals surface area (Å²) in [7, 11) is 1.62. The molecule has 0 saturated heterocycles. The Bertz CT molecular complexity index is 1380. The van der Waals surface area contributed by atoms with E-state index in [2.05, 4.69) is 91.2 Å². The number of nitrogens with one attached hydrogen (secondary N) is 1. The number of aromatic amines is 1. The van der Waals surface area contributed by atoms with E-state index in [1.165, 1.54) is 11.1 Å². The highest BCUT2D eigenvalue weighted by Gasteiger charge is 2.33. The third-order valence-electron chi connectivity index (χ3n) is 6.43. The number of aryl methyl sites for hydroxylation is 1. The van der Waals surface area contributed by atoms with Crippen LogP contribution in [0.1, 0.15) is 63.2 Å². The molecular weight excluding hydrogens is 452 g/mol. The molecule has 0 saturated carbocycles. The van der Waals surface area contributed by atoms with Gasteiger partial charge in [-0.3, -0.25) is 9.69 Å². The van der Waals surface area contributed by atoms with Crippen molar-refractivity contribution in [3.63, 3.8) is 0 Å². The van der Waals surface area contributed by atoms with Gasteiger partial charge in [-0.2, -0.15) is 0 Å². The zero-order valence-electron chi connectivity index (χ0n) is 22.2. The van der Waals surface area contributed by atoms with E-state index in [0.717, 1.165) is 16.7 Å². The van der Waals surface area contributed by atoms with E-state index in [4.69, 9.17) is 4.74 Å². The molecule has 0 aliphatic heterocycles. The highest BCUT2D eigenvalue weighted by Crippen LogP contribution is 2.32. The molecular formula is C28H36N6O2. The molecule has 0 unspecified atom stereocenters. The van der Waals surface area contributed by atoms with Crippen molar-refractivity contribution in [2.75, 3.05) is 7.11 Å². The number of ether oxygens (including phenoxy) is 1. The predicted octanol–water partition coefficient (Wildman–Crippen LogP) is 4.99. The van der Waals surface area contributed by atoms with Gasteiger partial charge in [0.2, 0.25) is 0 Å². The molecule has 8 heteroatoms. The number of tetrazole rings is 1. The molecule has 0 fully saturated rings. The standard InChI is InChI=1S/C28H36N6O2/c1-18(2)25(26-30-31-32-34(26)28(4,5)6)33(16-20-10-8-19(3)9-11-20)17-22-14-21-12-13-23(36-7)15-24(21)29-27(22)35/h8-15,18,25H,16-17H2,1-7H3,(H,29,35)/t25-/m0/s1. The van der Waals surface area contributed by atoms with E-state index in [1.807, 2.05) is 28.9 Å². The number of hydrogen-bond donors (Lipinski definition) is 1. The van der Waals surface area contributed by atoms with E-state index < -0.39 is 0 Å². The Morgan fingerprint density at radius 2 is 1.78 bits per heavy atom. The number of benzene rings is 2. The molecule has 0 spiro atoms. The summed E-state index contributed by atoms with van der Waals surface area (Å²) >= 11 is 0. The van der Waals surface area contributed by atoms with Crippen LogP contribution >= 0.6 is 0 Å². The van der Waals surface area contributed by atoms with Crippen LogP contribution in [0.15, 0.2) is 53.3 Å². The van der Waals surface area contributed by atoms with Gasteiger partial charge in [0.15, 0.2) is 5.82 Å². The molecule has 1 N–H and O–H groups in total. The van der Waals surface area contributed by atoms with Gasteiger partial charge in [0.25, 0.3) is 5.56 Å². The first-order chi connectivity index (χ1) is 17.1. The van der Waals surface area contributed by atoms with E-state index in [-0.39, 0.29) is 23.1 Å². The monoisotopic (exact) mass is 488 g/mol. The van der Waals surface area contributed by atoms with Crippen molar-refractivity contribution in [3.8, 4) is 5.75 Å². The third-order valence-corrected chi connectivity index (χ3v) is 6.43. The summed E-state index contributed by atoms with van der Waals surface area (Å²) in [5.74, 6) is 1.71. The molecule has 2 heterocycles. The average molecular weight is 489 g/mol.